The Morgan fingerprint density at radius 2 is 2.28 bits per heavy atom. The molecule has 0 radical (unpaired) electrons. The zero-order valence-electron chi connectivity index (χ0n) is 10.9. The van der Waals surface area contributed by atoms with Crippen molar-refractivity contribution in [2.45, 2.75) is 19.4 Å². The van der Waals surface area contributed by atoms with Gasteiger partial charge < -0.3 is 5.32 Å². The van der Waals surface area contributed by atoms with Gasteiger partial charge in [0, 0.05) is 16.1 Å². The molecule has 0 aliphatic carbocycles. The smallest absolute Gasteiger partial charge is 0.128 e. The molecule has 2 atom stereocenters. The summed E-state index contributed by atoms with van der Waals surface area (Å²) in [4.78, 5) is 2.26. The number of rotatable bonds is 4. The Balaban J connectivity index is 2.24. The number of benzene rings is 1. The molecule has 1 aliphatic rings. The van der Waals surface area contributed by atoms with Crippen LogP contribution in [0.15, 0.2) is 22.7 Å². The van der Waals surface area contributed by atoms with Crippen molar-refractivity contribution < 1.29 is 4.39 Å². The second-order valence-corrected chi connectivity index (χ2v) is 5.86. The second kappa shape index (κ2) is 6.13. The molecule has 0 spiro atoms. The molecule has 0 amide bonds. The molecule has 1 heterocycles. The van der Waals surface area contributed by atoms with E-state index in [0.29, 0.717) is 5.92 Å². The number of hydrogen-bond donors (Lipinski definition) is 1. The zero-order valence-corrected chi connectivity index (χ0v) is 12.5. The third-order valence-corrected chi connectivity index (χ3v) is 4.20. The molecule has 0 aromatic heterocycles. The quantitative estimate of drug-likeness (QED) is 0.918. The van der Waals surface area contributed by atoms with Crippen LogP contribution in [-0.2, 0) is 0 Å². The topological polar surface area (TPSA) is 15.3 Å². The molecular weight excluding hydrogens is 295 g/mol. The summed E-state index contributed by atoms with van der Waals surface area (Å²) >= 11 is 3.44. The number of hydrogen-bond acceptors (Lipinski definition) is 2. The van der Waals surface area contributed by atoms with E-state index in [2.05, 4.69) is 40.1 Å². The van der Waals surface area contributed by atoms with Crippen LogP contribution in [-0.4, -0.2) is 31.6 Å². The van der Waals surface area contributed by atoms with E-state index in [1.54, 1.807) is 12.1 Å². The second-order valence-electron chi connectivity index (χ2n) is 4.95. The van der Waals surface area contributed by atoms with Crippen molar-refractivity contribution in [1.29, 1.82) is 0 Å². The zero-order chi connectivity index (χ0) is 13.1. The van der Waals surface area contributed by atoms with Crippen LogP contribution in [0.1, 0.15) is 24.9 Å². The van der Waals surface area contributed by atoms with Crippen molar-refractivity contribution in [3.63, 3.8) is 0 Å². The lowest BCUT2D eigenvalue weighted by atomic mass is 9.93. The Kier molecular flexibility index (Phi) is 4.76. The highest BCUT2D eigenvalue weighted by Gasteiger charge is 2.34. The highest BCUT2D eigenvalue weighted by molar-refractivity contribution is 9.10. The third kappa shape index (κ3) is 2.92. The van der Waals surface area contributed by atoms with E-state index < -0.39 is 0 Å². The van der Waals surface area contributed by atoms with Crippen LogP contribution in [0, 0.1) is 11.7 Å². The van der Waals surface area contributed by atoms with Gasteiger partial charge in [-0.05, 0) is 57.2 Å². The van der Waals surface area contributed by atoms with Gasteiger partial charge in [0.2, 0.25) is 0 Å². The predicted molar refractivity (Wildman–Crippen MR) is 76.1 cm³/mol. The Morgan fingerprint density at radius 3 is 3.00 bits per heavy atom. The van der Waals surface area contributed by atoms with Crippen molar-refractivity contribution in [1.82, 2.24) is 10.2 Å². The number of nitrogens with one attached hydrogen (secondary N) is 1. The maximum Gasteiger partial charge on any atom is 0.128 e. The molecule has 1 N–H and O–H groups in total. The molecule has 4 heteroatoms. The Labute approximate surface area is 117 Å². The summed E-state index contributed by atoms with van der Waals surface area (Å²) in [5, 5.41) is 3.38. The lowest BCUT2D eigenvalue weighted by molar-refractivity contribution is 0.266. The fourth-order valence-electron chi connectivity index (χ4n) is 2.80. The minimum atomic E-state index is -0.0987. The van der Waals surface area contributed by atoms with Gasteiger partial charge >= 0.3 is 0 Å². The van der Waals surface area contributed by atoms with Gasteiger partial charge in [0.15, 0.2) is 0 Å². The fourth-order valence-corrected chi connectivity index (χ4v) is 3.18. The summed E-state index contributed by atoms with van der Waals surface area (Å²) in [6, 6.07) is 5.41. The van der Waals surface area contributed by atoms with Crippen molar-refractivity contribution in [2.75, 3.05) is 26.7 Å². The van der Waals surface area contributed by atoms with Gasteiger partial charge in [0.25, 0.3) is 0 Å². The van der Waals surface area contributed by atoms with Crippen molar-refractivity contribution in [3.8, 4) is 0 Å². The first-order chi connectivity index (χ1) is 8.63. The first-order valence-electron chi connectivity index (χ1n) is 6.49. The molecule has 0 bridgehead atoms. The van der Waals surface area contributed by atoms with Crippen molar-refractivity contribution >= 4 is 15.9 Å². The lowest BCUT2D eigenvalue weighted by Crippen LogP contribution is -2.29. The summed E-state index contributed by atoms with van der Waals surface area (Å²) in [5.41, 5.74) is 0.812. The average molecular weight is 315 g/mol. The summed E-state index contributed by atoms with van der Waals surface area (Å²) in [7, 11) is 2.08. The lowest BCUT2D eigenvalue weighted by Gasteiger charge is -2.26. The van der Waals surface area contributed by atoms with Crippen LogP contribution in [0.25, 0.3) is 0 Å². The Hall–Kier alpha value is -0.450. The predicted octanol–water partition coefficient (Wildman–Crippen LogP) is 3.19. The molecule has 0 saturated carbocycles. The van der Waals surface area contributed by atoms with Gasteiger partial charge in [-0.3, -0.25) is 4.90 Å². The number of halogens is 2. The van der Waals surface area contributed by atoms with Crippen LogP contribution in [0.4, 0.5) is 4.39 Å². The van der Waals surface area contributed by atoms with Crippen LogP contribution >= 0.6 is 15.9 Å². The van der Waals surface area contributed by atoms with Crippen molar-refractivity contribution in [2.24, 2.45) is 5.92 Å². The highest BCUT2D eigenvalue weighted by Crippen LogP contribution is 2.37. The Morgan fingerprint density at radius 1 is 1.50 bits per heavy atom. The summed E-state index contributed by atoms with van der Waals surface area (Å²) in [6.45, 7) is 5.06. The molecule has 1 saturated heterocycles. The van der Waals surface area contributed by atoms with E-state index in [-0.39, 0.29) is 11.9 Å². The van der Waals surface area contributed by atoms with E-state index in [0.717, 1.165) is 36.1 Å². The van der Waals surface area contributed by atoms with Crippen LogP contribution < -0.4 is 5.32 Å². The molecule has 2 nitrogen and oxygen atoms in total. The highest BCUT2D eigenvalue weighted by atomic mass is 79.9. The SMILES string of the molecule is CCNCC1CCN(C)C1c1cc(Br)ccc1F. The normalized spacial score (nSPS) is 24.7. The summed E-state index contributed by atoms with van der Waals surface area (Å²) in [5.74, 6) is 0.386. The molecule has 18 heavy (non-hydrogen) atoms. The van der Waals surface area contributed by atoms with Crippen molar-refractivity contribution in [3.05, 3.63) is 34.1 Å². The van der Waals surface area contributed by atoms with Gasteiger partial charge in [-0.15, -0.1) is 0 Å². The monoisotopic (exact) mass is 314 g/mol. The average Bonchev–Trinajstić information content (AvgIpc) is 2.71. The fraction of sp³-hybridized carbons (Fsp3) is 0.571. The minimum absolute atomic E-state index is 0.0987. The standard InChI is InChI=1S/C14H20BrFN2/c1-3-17-9-10-6-7-18(2)14(10)12-8-11(15)4-5-13(12)16/h4-5,8,10,14,17H,3,6-7,9H2,1-2H3. The van der Waals surface area contributed by atoms with E-state index in [9.17, 15) is 4.39 Å². The summed E-state index contributed by atoms with van der Waals surface area (Å²) < 4.78 is 15.0. The number of nitrogens with zero attached hydrogens (tertiary/aromatic N) is 1. The summed E-state index contributed by atoms with van der Waals surface area (Å²) in [6.07, 6.45) is 1.13. The van der Waals surface area contributed by atoms with Gasteiger partial charge in [0.1, 0.15) is 5.82 Å². The molecule has 1 aliphatic heterocycles. The van der Waals surface area contributed by atoms with E-state index >= 15 is 0 Å². The molecule has 1 aromatic carbocycles. The van der Waals surface area contributed by atoms with E-state index in [1.807, 2.05) is 6.07 Å². The minimum Gasteiger partial charge on any atom is -0.317 e. The van der Waals surface area contributed by atoms with Gasteiger partial charge in [-0.1, -0.05) is 22.9 Å². The third-order valence-electron chi connectivity index (χ3n) is 3.71. The van der Waals surface area contributed by atoms with Crippen LogP contribution in [0.3, 0.4) is 0 Å². The van der Waals surface area contributed by atoms with Crippen LogP contribution in [0.5, 0.6) is 0 Å². The maximum atomic E-state index is 14.0. The first-order valence-corrected chi connectivity index (χ1v) is 7.28. The van der Waals surface area contributed by atoms with Crippen LogP contribution in [0.2, 0.25) is 0 Å². The molecule has 100 valence electrons. The number of likely N-dealkylation sites (tertiary alicyclic amines) is 1. The maximum absolute atomic E-state index is 14.0. The van der Waals surface area contributed by atoms with E-state index in [1.165, 1.54) is 0 Å². The van der Waals surface area contributed by atoms with E-state index in [4.69, 9.17) is 0 Å². The van der Waals surface area contributed by atoms with Gasteiger partial charge in [-0.25, -0.2) is 4.39 Å². The van der Waals surface area contributed by atoms with Gasteiger partial charge in [0.05, 0.1) is 0 Å². The largest absolute Gasteiger partial charge is 0.317 e. The van der Waals surface area contributed by atoms with Gasteiger partial charge in [-0.2, -0.15) is 0 Å². The Bertz CT molecular complexity index is 411. The molecule has 1 aromatic rings. The molecule has 2 rings (SSSR count). The molecular formula is C14H20BrFN2. The molecule has 2 unspecified atom stereocenters. The first kappa shape index (κ1) is 14.0. The molecule has 1 fully saturated rings.